The highest BCUT2D eigenvalue weighted by Gasteiger charge is 2.40. The second kappa shape index (κ2) is 6.10. The summed E-state index contributed by atoms with van der Waals surface area (Å²) in [6, 6.07) is 19.3. The first-order valence-electron chi connectivity index (χ1n) is 9.59. The van der Waals surface area contributed by atoms with Gasteiger partial charge < -0.3 is 4.57 Å². The molecule has 26 heavy (non-hydrogen) atoms. The molecule has 0 saturated carbocycles. The van der Waals surface area contributed by atoms with Gasteiger partial charge in [-0.15, -0.1) is 0 Å². The monoisotopic (exact) mass is 344 g/mol. The predicted octanol–water partition coefficient (Wildman–Crippen LogP) is 3.91. The van der Waals surface area contributed by atoms with E-state index in [2.05, 4.69) is 65.0 Å². The molecule has 0 bridgehead atoms. The Morgan fingerprint density at radius 1 is 1.04 bits per heavy atom. The standard InChI is InChI=1S/C23H24N2O/c1-24-20-10-6-5-9-18(20)19-11-12-25-15-17(13-16-7-3-2-4-8-16)22(26)14-21(25)23(19)24/h2-10,17,21H,11-15H2,1H3/t17-,21-/m1/s1. The second-order valence-corrected chi connectivity index (χ2v) is 7.76. The van der Waals surface area contributed by atoms with Crippen LogP contribution in [0.5, 0.6) is 0 Å². The molecule has 3 aromatic rings. The van der Waals surface area contributed by atoms with E-state index in [1.54, 1.807) is 0 Å². The van der Waals surface area contributed by atoms with Crippen molar-refractivity contribution in [2.75, 3.05) is 13.1 Å². The van der Waals surface area contributed by atoms with Crippen LogP contribution in [0.1, 0.15) is 29.3 Å². The van der Waals surface area contributed by atoms with Gasteiger partial charge in [0.05, 0.1) is 6.04 Å². The first-order valence-corrected chi connectivity index (χ1v) is 9.59. The number of hydrogen-bond acceptors (Lipinski definition) is 2. The number of piperidine rings is 1. The Morgan fingerprint density at radius 2 is 1.81 bits per heavy atom. The van der Waals surface area contributed by atoms with Crippen molar-refractivity contribution in [1.82, 2.24) is 9.47 Å². The van der Waals surface area contributed by atoms with Gasteiger partial charge in [0.2, 0.25) is 0 Å². The zero-order valence-electron chi connectivity index (χ0n) is 15.2. The summed E-state index contributed by atoms with van der Waals surface area (Å²) >= 11 is 0. The lowest BCUT2D eigenvalue weighted by Crippen LogP contribution is -2.47. The third-order valence-corrected chi connectivity index (χ3v) is 6.30. The molecular formula is C23H24N2O. The number of para-hydroxylation sites is 1. The number of Topliss-reactive ketones (excluding diaryl/α,β-unsaturated/α-hetero) is 1. The summed E-state index contributed by atoms with van der Waals surface area (Å²) < 4.78 is 2.33. The van der Waals surface area contributed by atoms with Gasteiger partial charge in [0, 0.05) is 49.1 Å². The van der Waals surface area contributed by atoms with Crippen LogP contribution in [0.2, 0.25) is 0 Å². The van der Waals surface area contributed by atoms with Gasteiger partial charge in [0.1, 0.15) is 5.78 Å². The van der Waals surface area contributed by atoms with Gasteiger partial charge in [-0.2, -0.15) is 0 Å². The van der Waals surface area contributed by atoms with Crippen LogP contribution in [0.3, 0.4) is 0 Å². The van der Waals surface area contributed by atoms with E-state index < -0.39 is 0 Å². The van der Waals surface area contributed by atoms with Crippen molar-refractivity contribution in [3.8, 4) is 0 Å². The zero-order valence-corrected chi connectivity index (χ0v) is 15.2. The quantitative estimate of drug-likeness (QED) is 0.704. The van der Waals surface area contributed by atoms with Crippen LogP contribution in [0.25, 0.3) is 10.9 Å². The Bertz CT molecular complexity index is 973. The third-order valence-electron chi connectivity index (χ3n) is 6.30. The Hall–Kier alpha value is -2.39. The summed E-state index contributed by atoms with van der Waals surface area (Å²) in [5, 5.41) is 1.36. The number of ketones is 1. The number of benzene rings is 2. The van der Waals surface area contributed by atoms with Gasteiger partial charge in [0.15, 0.2) is 0 Å². The van der Waals surface area contributed by atoms with Crippen molar-refractivity contribution < 1.29 is 4.79 Å². The van der Waals surface area contributed by atoms with Crippen molar-refractivity contribution in [2.24, 2.45) is 13.0 Å². The zero-order chi connectivity index (χ0) is 17.7. The van der Waals surface area contributed by atoms with E-state index in [-0.39, 0.29) is 12.0 Å². The van der Waals surface area contributed by atoms with Gasteiger partial charge in [-0.05, 0) is 30.0 Å². The van der Waals surface area contributed by atoms with E-state index in [1.807, 2.05) is 6.07 Å². The number of nitrogens with zero attached hydrogens (tertiary/aromatic N) is 2. The van der Waals surface area contributed by atoms with Crippen molar-refractivity contribution in [2.45, 2.75) is 25.3 Å². The van der Waals surface area contributed by atoms with E-state index >= 15 is 0 Å². The Labute approximate surface area is 154 Å². The lowest BCUT2D eigenvalue weighted by molar-refractivity contribution is -0.128. The molecule has 0 radical (unpaired) electrons. The molecule has 3 heterocycles. The molecule has 0 unspecified atom stereocenters. The molecule has 2 aromatic carbocycles. The maximum absolute atomic E-state index is 13.0. The molecule has 0 amide bonds. The number of rotatable bonds is 2. The summed E-state index contributed by atoms with van der Waals surface area (Å²) in [5.41, 5.74) is 5.38. The highest BCUT2D eigenvalue weighted by atomic mass is 16.1. The number of aryl methyl sites for hydroxylation is 1. The van der Waals surface area contributed by atoms with Crippen molar-refractivity contribution in [3.05, 3.63) is 71.4 Å². The SMILES string of the molecule is Cn1c2c(c3ccccc31)CCN1C[C@@H](Cc3ccccc3)C(=O)C[C@H]21. The third kappa shape index (κ3) is 2.42. The van der Waals surface area contributed by atoms with Crippen molar-refractivity contribution >= 4 is 16.7 Å². The van der Waals surface area contributed by atoms with Crippen molar-refractivity contribution in [3.63, 3.8) is 0 Å². The fourth-order valence-electron chi connectivity index (χ4n) is 5.03. The molecule has 2 aliphatic heterocycles. The molecule has 5 rings (SSSR count). The van der Waals surface area contributed by atoms with E-state index in [4.69, 9.17) is 0 Å². The molecule has 0 N–H and O–H groups in total. The minimum atomic E-state index is 0.130. The molecule has 0 spiro atoms. The summed E-state index contributed by atoms with van der Waals surface area (Å²) in [4.78, 5) is 15.5. The van der Waals surface area contributed by atoms with Crippen LogP contribution in [0.15, 0.2) is 54.6 Å². The van der Waals surface area contributed by atoms with E-state index in [0.717, 1.165) is 25.9 Å². The van der Waals surface area contributed by atoms with Gasteiger partial charge in [-0.3, -0.25) is 9.69 Å². The fourth-order valence-corrected chi connectivity index (χ4v) is 5.03. The molecule has 1 fully saturated rings. The maximum atomic E-state index is 13.0. The van der Waals surface area contributed by atoms with Crippen LogP contribution in [0.4, 0.5) is 0 Å². The van der Waals surface area contributed by atoms with Crippen molar-refractivity contribution in [1.29, 1.82) is 0 Å². The fraction of sp³-hybridized carbons (Fsp3) is 0.348. The van der Waals surface area contributed by atoms with E-state index in [0.29, 0.717) is 12.2 Å². The molecule has 1 aromatic heterocycles. The lowest BCUT2D eigenvalue weighted by Gasteiger charge is -2.42. The lowest BCUT2D eigenvalue weighted by atomic mass is 9.82. The van der Waals surface area contributed by atoms with Crippen LogP contribution >= 0.6 is 0 Å². The van der Waals surface area contributed by atoms with Crippen LogP contribution in [-0.4, -0.2) is 28.3 Å². The first kappa shape index (κ1) is 15.8. The minimum absolute atomic E-state index is 0.130. The molecule has 132 valence electrons. The number of carbonyl (C=O) groups excluding carboxylic acids is 1. The second-order valence-electron chi connectivity index (χ2n) is 7.76. The summed E-state index contributed by atoms with van der Waals surface area (Å²) in [5.74, 6) is 0.554. The largest absolute Gasteiger partial charge is 0.346 e. The van der Waals surface area contributed by atoms with Gasteiger partial charge in [-0.25, -0.2) is 0 Å². The number of carbonyl (C=O) groups is 1. The normalized spacial score (nSPS) is 23.0. The van der Waals surface area contributed by atoms with Crippen LogP contribution < -0.4 is 0 Å². The Balaban J connectivity index is 1.47. The number of hydrogen-bond donors (Lipinski definition) is 0. The van der Waals surface area contributed by atoms with Gasteiger partial charge in [-0.1, -0.05) is 48.5 Å². The topological polar surface area (TPSA) is 25.2 Å². The minimum Gasteiger partial charge on any atom is -0.346 e. The summed E-state index contributed by atoms with van der Waals surface area (Å²) in [6.45, 7) is 1.95. The number of fused-ring (bicyclic) bond motifs is 5. The highest BCUT2D eigenvalue weighted by Crippen LogP contribution is 2.41. The van der Waals surface area contributed by atoms with Gasteiger partial charge >= 0.3 is 0 Å². The predicted molar refractivity (Wildman–Crippen MR) is 104 cm³/mol. The van der Waals surface area contributed by atoms with E-state index in [1.165, 1.54) is 27.7 Å². The van der Waals surface area contributed by atoms with Crippen LogP contribution in [0, 0.1) is 5.92 Å². The Morgan fingerprint density at radius 3 is 2.65 bits per heavy atom. The first-order chi connectivity index (χ1) is 12.7. The molecular weight excluding hydrogens is 320 g/mol. The summed E-state index contributed by atoms with van der Waals surface area (Å²) in [7, 11) is 2.16. The molecule has 3 heteroatoms. The molecule has 2 aliphatic rings. The van der Waals surface area contributed by atoms with Gasteiger partial charge in [0.25, 0.3) is 0 Å². The number of aromatic nitrogens is 1. The maximum Gasteiger partial charge on any atom is 0.139 e. The summed E-state index contributed by atoms with van der Waals surface area (Å²) in [6.07, 6.45) is 2.60. The molecule has 1 saturated heterocycles. The van der Waals surface area contributed by atoms with E-state index in [9.17, 15) is 4.79 Å². The Kier molecular flexibility index (Phi) is 3.71. The smallest absolute Gasteiger partial charge is 0.139 e. The molecule has 3 nitrogen and oxygen atoms in total. The highest BCUT2D eigenvalue weighted by molar-refractivity contribution is 5.88. The molecule has 0 aliphatic carbocycles. The van der Waals surface area contributed by atoms with Crippen LogP contribution in [-0.2, 0) is 24.7 Å². The molecule has 2 atom stereocenters. The average Bonchev–Trinajstić information content (AvgIpc) is 2.96. The average molecular weight is 344 g/mol.